The Balaban J connectivity index is 0.899. The summed E-state index contributed by atoms with van der Waals surface area (Å²) in [5.74, 6) is -3.05. The lowest BCUT2D eigenvalue weighted by atomic mass is 10.0. The first-order chi connectivity index (χ1) is 23.6. The number of phenolic OH excluding ortho intramolecular Hbond substituents is 1. The van der Waals surface area contributed by atoms with E-state index in [1.54, 1.807) is 12.1 Å². The van der Waals surface area contributed by atoms with Crippen LogP contribution in [0.25, 0.3) is 11.0 Å². The van der Waals surface area contributed by atoms with Crippen molar-refractivity contribution in [3.05, 3.63) is 69.6 Å². The maximum Gasteiger partial charge on any atom is 0.349 e. The highest BCUT2D eigenvalue weighted by atomic mass is 16.4. The van der Waals surface area contributed by atoms with Crippen molar-refractivity contribution < 1.29 is 38.3 Å². The van der Waals surface area contributed by atoms with Gasteiger partial charge in [0.1, 0.15) is 22.9 Å². The minimum atomic E-state index is -1.05. The number of imide groups is 2. The van der Waals surface area contributed by atoms with Crippen LogP contribution in [0.2, 0.25) is 0 Å². The number of benzene rings is 2. The number of fused-ring (bicyclic) bond motifs is 2. The fourth-order valence-electron chi connectivity index (χ4n) is 6.18. The number of rotatable bonds is 11. The van der Waals surface area contributed by atoms with Gasteiger partial charge in [0.2, 0.25) is 17.7 Å². The van der Waals surface area contributed by atoms with E-state index in [-0.39, 0.29) is 66.4 Å². The monoisotopic (exact) mass is 673 g/mol. The first-order valence-corrected chi connectivity index (χ1v) is 15.9. The summed E-state index contributed by atoms with van der Waals surface area (Å²) in [7, 11) is 0. The highest BCUT2D eigenvalue weighted by molar-refractivity contribution is 6.25. The van der Waals surface area contributed by atoms with Gasteiger partial charge in [-0.2, -0.15) is 0 Å². The molecule has 49 heavy (non-hydrogen) atoms. The van der Waals surface area contributed by atoms with Gasteiger partial charge in [-0.3, -0.25) is 48.8 Å². The van der Waals surface area contributed by atoms with Gasteiger partial charge >= 0.3 is 5.63 Å². The molecule has 6 amide bonds. The van der Waals surface area contributed by atoms with E-state index < -0.39 is 41.2 Å². The van der Waals surface area contributed by atoms with Crippen LogP contribution >= 0.6 is 0 Å². The second kappa shape index (κ2) is 14.2. The lowest BCUT2D eigenvalue weighted by molar-refractivity contribution is -0.136. The average molecular weight is 674 g/mol. The second-order valence-electron chi connectivity index (χ2n) is 12.0. The largest absolute Gasteiger partial charge is 0.508 e. The quantitative estimate of drug-likeness (QED) is 0.0989. The number of phenols is 1. The van der Waals surface area contributed by atoms with Crippen LogP contribution in [0.15, 0.2) is 51.7 Å². The van der Waals surface area contributed by atoms with E-state index in [1.807, 2.05) is 4.90 Å². The summed E-state index contributed by atoms with van der Waals surface area (Å²) < 4.78 is 5.19. The molecule has 1 aromatic heterocycles. The van der Waals surface area contributed by atoms with Crippen molar-refractivity contribution in [2.75, 3.05) is 64.2 Å². The maximum atomic E-state index is 13.2. The fraction of sp³-hybridized carbons (Fsp3) is 0.364. The highest BCUT2D eigenvalue weighted by Gasteiger charge is 2.45. The average Bonchev–Trinajstić information content (AvgIpc) is 3.33. The molecule has 3 aliphatic heterocycles. The van der Waals surface area contributed by atoms with Gasteiger partial charge in [0.05, 0.1) is 17.7 Å². The number of hydrogen-bond acceptors (Lipinski definition) is 12. The molecule has 2 saturated heterocycles. The van der Waals surface area contributed by atoms with Gasteiger partial charge in [-0.15, -0.1) is 0 Å². The number of hydrogen-bond donors (Lipinski definition) is 5. The van der Waals surface area contributed by atoms with Gasteiger partial charge < -0.3 is 25.5 Å². The number of amides is 6. The van der Waals surface area contributed by atoms with Crippen LogP contribution in [0.3, 0.4) is 0 Å². The van der Waals surface area contributed by atoms with Gasteiger partial charge in [0.25, 0.3) is 17.7 Å². The minimum absolute atomic E-state index is 0.00614. The van der Waals surface area contributed by atoms with E-state index in [2.05, 4.69) is 26.2 Å². The smallest absolute Gasteiger partial charge is 0.349 e. The summed E-state index contributed by atoms with van der Waals surface area (Å²) in [5, 5.41) is 21.0. The third-order valence-corrected chi connectivity index (χ3v) is 8.74. The summed E-state index contributed by atoms with van der Waals surface area (Å²) in [5.41, 5.74) is 0.110. The third kappa shape index (κ3) is 7.29. The predicted octanol–water partition coefficient (Wildman–Crippen LogP) is -0.524. The van der Waals surface area contributed by atoms with E-state index in [0.29, 0.717) is 50.3 Å². The Labute approximate surface area is 279 Å². The Morgan fingerprint density at radius 1 is 0.898 bits per heavy atom. The molecule has 0 bridgehead atoms. The fourth-order valence-corrected chi connectivity index (χ4v) is 6.18. The number of carbonyl (C=O) groups is 6. The Hall–Kier alpha value is -5.61. The highest BCUT2D eigenvalue weighted by Crippen LogP contribution is 2.32. The molecular weight excluding hydrogens is 638 g/mol. The Morgan fingerprint density at radius 3 is 2.45 bits per heavy atom. The Morgan fingerprint density at radius 2 is 1.67 bits per heavy atom. The molecule has 3 aromatic rings. The molecule has 0 radical (unpaired) electrons. The van der Waals surface area contributed by atoms with Crippen LogP contribution in [-0.4, -0.2) is 120 Å². The van der Waals surface area contributed by atoms with Gasteiger partial charge in [0.15, 0.2) is 0 Å². The van der Waals surface area contributed by atoms with Crippen LogP contribution in [0, 0.1) is 0 Å². The van der Waals surface area contributed by atoms with Crippen molar-refractivity contribution in [2.45, 2.75) is 18.9 Å². The van der Waals surface area contributed by atoms with Crippen LogP contribution in [0.4, 0.5) is 5.69 Å². The van der Waals surface area contributed by atoms with Gasteiger partial charge in [-0.25, -0.2) is 4.79 Å². The van der Waals surface area contributed by atoms with E-state index in [4.69, 9.17) is 4.42 Å². The molecule has 0 saturated carbocycles. The van der Waals surface area contributed by atoms with Crippen LogP contribution < -0.4 is 26.9 Å². The zero-order valence-electron chi connectivity index (χ0n) is 26.5. The van der Waals surface area contributed by atoms with E-state index in [1.165, 1.54) is 30.3 Å². The zero-order valence-corrected chi connectivity index (χ0v) is 26.5. The van der Waals surface area contributed by atoms with Crippen molar-refractivity contribution in [3.63, 3.8) is 0 Å². The Bertz CT molecular complexity index is 1900. The van der Waals surface area contributed by atoms with Crippen molar-refractivity contribution in [1.82, 2.24) is 30.7 Å². The topological polar surface area (TPSA) is 211 Å². The summed E-state index contributed by atoms with van der Waals surface area (Å²) in [6.45, 7) is 4.27. The van der Waals surface area contributed by atoms with Crippen molar-refractivity contribution >= 4 is 52.1 Å². The second-order valence-corrected chi connectivity index (χ2v) is 12.0. The van der Waals surface area contributed by atoms with E-state index in [0.717, 1.165) is 4.90 Å². The molecule has 256 valence electrons. The minimum Gasteiger partial charge on any atom is -0.508 e. The van der Waals surface area contributed by atoms with Crippen molar-refractivity contribution in [2.24, 2.45) is 0 Å². The molecule has 5 N–H and O–H groups in total. The molecule has 2 aromatic carbocycles. The van der Waals surface area contributed by atoms with Crippen molar-refractivity contribution in [3.8, 4) is 5.75 Å². The summed E-state index contributed by atoms with van der Waals surface area (Å²) >= 11 is 0. The lowest BCUT2D eigenvalue weighted by Gasteiger charge is -2.34. The van der Waals surface area contributed by atoms with E-state index >= 15 is 0 Å². The molecule has 1 unspecified atom stereocenters. The van der Waals surface area contributed by atoms with Crippen LogP contribution in [0.1, 0.15) is 43.9 Å². The molecule has 4 heterocycles. The van der Waals surface area contributed by atoms with Crippen molar-refractivity contribution in [1.29, 1.82) is 0 Å². The van der Waals surface area contributed by atoms with Crippen LogP contribution in [-0.2, 0) is 14.4 Å². The molecule has 3 aliphatic rings. The predicted molar refractivity (Wildman–Crippen MR) is 174 cm³/mol. The molecule has 6 rings (SSSR count). The molecule has 16 heteroatoms. The number of nitrogens with one attached hydrogen (secondary N) is 4. The van der Waals surface area contributed by atoms with Gasteiger partial charge in [-0.1, -0.05) is 6.07 Å². The number of piperidine rings is 1. The maximum absolute atomic E-state index is 13.2. The number of aromatic hydroxyl groups is 1. The molecule has 0 aliphatic carbocycles. The zero-order chi connectivity index (χ0) is 34.7. The molecule has 1 atom stereocenters. The molecule has 0 spiro atoms. The summed E-state index contributed by atoms with van der Waals surface area (Å²) in [6, 6.07) is 9.41. The standard InChI is InChI=1S/C33H35N7O9/c41-20-4-6-25-19(16-20)17-22(33(48)49-25)29(44)36-10-11-38-12-14-39(15-13-38)18-27(43)35-9-8-34-23-3-1-2-21-28(23)32(47)40(31(21)46)24-5-7-26(42)37-30(24)45/h1-4,6,16-17,24,34,41H,5,7-15,18H2,(H,35,43)(H,36,44)(H,37,42,45). The number of piperazine rings is 1. The van der Waals surface area contributed by atoms with Crippen LogP contribution in [0.5, 0.6) is 5.75 Å². The summed E-state index contributed by atoms with van der Waals surface area (Å²) in [4.78, 5) is 92.7. The molecule has 16 nitrogen and oxygen atoms in total. The molecule has 2 fully saturated rings. The first-order valence-electron chi connectivity index (χ1n) is 15.9. The Kier molecular flexibility index (Phi) is 9.68. The normalized spacial score (nSPS) is 18.4. The SMILES string of the molecule is O=C(CN1CCN(CCNC(=O)c2cc3cc(O)ccc3oc2=O)CC1)NCCNc1cccc2c1C(=O)N(C1CCC(=O)NC1=O)C2=O. The van der Waals surface area contributed by atoms with Gasteiger partial charge in [-0.05, 0) is 42.8 Å². The summed E-state index contributed by atoms with van der Waals surface area (Å²) in [6.07, 6.45) is 0.105. The first kappa shape index (κ1) is 33.3. The number of nitrogens with zero attached hydrogens (tertiary/aromatic N) is 3. The van der Waals surface area contributed by atoms with E-state index in [9.17, 15) is 38.7 Å². The number of anilines is 1. The van der Waals surface area contributed by atoms with Gasteiger partial charge in [0, 0.05) is 69.9 Å². The third-order valence-electron chi connectivity index (χ3n) is 8.74. The lowest BCUT2D eigenvalue weighted by Crippen LogP contribution is -2.54. The molecular formula is C33H35N7O9. The number of carbonyl (C=O) groups excluding carboxylic acids is 6.